The van der Waals surface area contributed by atoms with Crippen LogP contribution < -0.4 is 14.8 Å². The summed E-state index contributed by atoms with van der Waals surface area (Å²) in [6.07, 6.45) is 0. The summed E-state index contributed by atoms with van der Waals surface area (Å²) in [7, 11) is -3.78. The first-order valence-electron chi connectivity index (χ1n) is 7.60. The number of nitrogens with one attached hydrogen (secondary N) is 2. The number of ether oxygens (including phenoxy) is 1. The number of hydrogen-bond donors (Lipinski definition) is 2. The van der Waals surface area contributed by atoms with E-state index in [4.69, 9.17) is 16.3 Å². The molecule has 2 rings (SSSR count). The van der Waals surface area contributed by atoms with Gasteiger partial charge in [-0.3, -0.25) is 9.52 Å². The minimum absolute atomic E-state index is 0.0664. The number of carbonyl (C=O) groups is 1. The molecule has 2 aromatic rings. The van der Waals surface area contributed by atoms with Gasteiger partial charge in [0.1, 0.15) is 5.75 Å². The molecule has 1 amide bonds. The van der Waals surface area contributed by atoms with E-state index < -0.39 is 10.0 Å². The number of aryl methyl sites for hydroxylation is 1. The molecule has 0 saturated heterocycles. The Balaban J connectivity index is 2.12. The third-order valence-electron chi connectivity index (χ3n) is 3.28. The predicted molar refractivity (Wildman–Crippen MR) is 97.6 cm³/mol. The van der Waals surface area contributed by atoms with Gasteiger partial charge in [0.15, 0.2) is 6.61 Å². The van der Waals surface area contributed by atoms with Gasteiger partial charge in [-0.2, -0.15) is 0 Å². The van der Waals surface area contributed by atoms with Crippen LogP contribution in [-0.4, -0.2) is 27.5 Å². The standard InChI is InChI=1S/C17H19ClN2O4S/c1-3-19-17(21)11-24-14-6-4-5-13(9-14)20-25(22,23)15-8-7-12(2)16(18)10-15/h4-10,20H,3,11H2,1-2H3,(H,19,21). The fourth-order valence-electron chi connectivity index (χ4n) is 2.00. The van der Waals surface area contributed by atoms with Crippen molar-refractivity contribution in [3.05, 3.63) is 53.1 Å². The van der Waals surface area contributed by atoms with Gasteiger partial charge in [-0.1, -0.05) is 23.7 Å². The number of rotatable bonds is 7. The Labute approximate surface area is 152 Å². The highest BCUT2D eigenvalue weighted by Gasteiger charge is 2.15. The molecule has 2 aromatic carbocycles. The van der Waals surface area contributed by atoms with Gasteiger partial charge in [-0.25, -0.2) is 8.42 Å². The molecule has 0 radical (unpaired) electrons. The van der Waals surface area contributed by atoms with Gasteiger partial charge >= 0.3 is 0 Å². The van der Waals surface area contributed by atoms with Crippen molar-refractivity contribution in [2.75, 3.05) is 17.9 Å². The highest BCUT2D eigenvalue weighted by atomic mass is 35.5. The zero-order valence-electron chi connectivity index (χ0n) is 13.9. The van der Waals surface area contributed by atoms with Gasteiger partial charge in [0, 0.05) is 17.6 Å². The molecule has 0 atom stereocenters. The first-order chi connectivity index (χ1) is 11.8. The molecule has 25 heavy (non-hydrogen) atoms. The lowest BCUT2D eigenvalue weighted by Gasteiger charge is -2.11. The van der Waals surface area contributed by atoms with Crippen molar-refractivity contribution < 1.29 is 17.9 Å². The second kappa shape index (κ2) is 8.22. The molecule has 0 spiro atoms. The summed E-state index contributed by atoms with van der Waals surface area (Å²) in [4.78, 5) is 11.5. The summed E-state index contributed by atoms with van der Waals surface area (Å²) in [6.45, 7) is 3.98. The predicted octanol–water partition coefficient (Wildman–Crippen LogP) is 2.96. The molecule has 0 heterocycles. The highest BCUT2D eigenvalue weighted by Crippen LogP contribution is 2.24. The van der Waals surface area contributed by atoms with Crippen LogP contribution in [0.3, 0.4) is 0 Å². The van der Waals surface area contributed by atoms with E-state index in [-0.39, 0.29) is 17.4 Å². The van der Waals surface area contributed by atoms with Crippen LogP contribution in [0, 0.1) is 6.92 Å². The van der Waals surface area contributed by atoms with Gasteiger partial charge < -0.3 is 10.1 Å². The normalized spacial score (nSPS) is 11.0. The monoisotopic (exact) mass is 382 g/mol. The largest absolute Gasteiger partial charge is 0.484 e. The minimum Gasteiger partial charge on any atom is -0.484 e. The van der Waals surface area contributed by atoms with Crippen LogP contribution in [0.25, 0.3) is 0 Å². The van der Waals surface area contributed by atoms with E-state index in [1.807, 2.05) is 6.92 Å². The lowest BCUT2D eigenvalue weighted by molar-refractivity contribution is -0.122. The quantitative estimate of drug-likeness (QED) is 0.771. The smallest absolute Gasteiger partial charge is 0.261 e. The van der Waals surface area contributed by atoms with Gasteiger partial charge in [0.2, 0.25) is 0 Å². The van der Waals surface area contributed by atoms with Crippen LogP contribution in [0.15, 0.2) is 47.4 Å². The Hall–Kier alpha value is -2.25. The first-order valence-corrected chi connectivity index (χ1v) is 9.46. The van der Waals surface area contributed by atoms with Gasteiger partial charge in [-0.05, 0) is 43.7 Å². The van der Waals surface area contributed by atoms with E-state index in [0.29, 0.717) is 23.0 Å². The maximum atomic E-state index is 12.5. The molecule has 0 bridgehead atoms. The van der Waals surface area contributed by atoms with E-state index in [9.17, 15) is 13.2 Å². The van der Waals surface area contributed by atoms with Crippen LogP contribution >= 0.6 is 11.6 Å². The van der Waals surface area contributed by atoms with E-state index in [1.54, 1.807) is 31.2 Å². The summed E-state index contributed by atoms with van der Waals surface area (Å²) in [5.41, 5.74) is 1.12. The molecule has 0 aromatic heterocycles. The second-order valence-electron chi connectivity index (χ2n) is 5.29. The number of anilines is 1. The summed E-state index contributed by atoms with van der Waals surface area (Å²) >= 11 is 5.99. The van der Waals surface area contributed by atoms with Crippen molar-refractivity contribution in [1.82, 2.24) is 5.32 Å². The van der Waals surface area contributed by atoms with E-state index in [2.05, 4.69) is 10.0 Å². The molecular formula is C17H19ClN2O4S. The molecule has 0 aliphatic rings. The lowest BCUT2D eigenvalue weighted by atomic mass is 10.2. The molecule has 6 nitrogen and oxygen atoms in total. The Bertz CT molecular complexity index is 869. The van der Waals surface area contributed by atoms with Crippen LogP contribution in [0.4, 0.5) is 5.69 Å². The van der Waals surface area contributed by atoms with E-state index in [1.165, 1.54) is 18.2 Å². The number of benzene rings is 2. The molecule has 0 fully saturated rings. The Kier molecular flexibility index (Phi) is 6.27. The summed E-state index contributed by atoms with van der Waals surface area (Å²) in [5, 5.41) is 2.99. The Morgan fingerprint density at radius 3 is 2.64 bits per heavy atom. The van der Waals surface area contributed by atoms with Gasteiger partial charge in [-0.15, -0.1) is 0 Å². The number of hydrogen-bond acceptors (Lipinski definition) is 4. The van der Waals surface area contributed by atoms with Crippen LogP contribution in [0.1, 0.15) is 12.5 Å². The van der Waals surface area contributed by atoms with Crippen molar-refractivity contribution in [3.8, 4) is 5.75 Å². The van der Waals surface area contributed by atoms with Crippen LogP contribution in [0.2, 0.25) is 5.02 Å². The highest BCUT2D eigenvalue weighted by molar-refractivity contribution is 7.92. The Morgan fingerprint density at radius 2 is 1.96 bits per heavy atom. The molecular weight excluding hydrogens is 364 g/mol. The third kappa shape index (κ3) is 5.37. The first kappa shape index (κ1) is 19.1. The molecule has 0 aliphatic heterocycles. The van der Waals surface area contributed by atoms with E-state index in [0.717, 1.165) is 5.56 Å². The van der Waals surface area contributed by atoms with Crippen LogP contribution in [0.5, 0.6) is 5.75 Å². The summed E-state index contributed by atoms with van der Waals surface area (Å²) in [5.74, 6) is 0.135. The molecule has 134 valence electrons. The van der Waals surface area contributed by atoms with Crippen LogP contribution in [-0.2, 0) is 14.8 Å². The van der Waals surface area contributed by atoms with Crippen molar-refractivity contribution >= 4 is 33.2 Å². The third-order valence-corrected chi connectivity index (χ3v) is 5.07. The fourth-order valence-corrected chi connectivity index (χ4v) is 3.32. The molecule has 0 aliphatic carbocycles. The fraction of sp³-hybridized carbons (Fsp3) is 0.235. The SMILES string of the molecule is CCNC(=O)COc1cccc(NS(=O)(=O)c2ccc(C)c(Cl)c2)c1. The van der Waals surface area contributed by atoms with Crippen molar-refractivity contribution in [2.24, 2.45) is 0 Å². The van der Waals surface area contributed by atoms with Crippen molar-refractivity contribution in [1.29, 1.82) is 0 Å². The van der Waals surface area contributed by atoms with Crippen molar-refractivity contribution in [3.63, 3.8) is 0 Å². The van der Waals surface area contributed by atoms with Crippen molar-refractivity contribution in [2.45, 2.75) is 18.7 Å². The number of sulfonamides is 1. The number of likely N-dealkylation sites (N-methyl/N-ethyl adjacent to an activating group) is 1. The zero-order chi connectivity index (χ0) is 18.4. The average Bonchev–Trinajstić information content (AvgIpc) is 2.55. The topological polar surface area (TPSA) is 84.5 Å². The maximum absolute atomic E-state index is 12.5. The Morgan fingerprint density at radius 1 is 1.20 bits per heavy atom. The maximum Gasteiger partial charge on any atom is 0.261 e. The molecule has 8 heteroatoms. The van der Waals surface area contributed by atoms with Gasteiger partial charge in [0.25, 0.3) is 15.9 Å². The number of carbonyl (C=O) groups excluding carboxylic acids is 1. The molecule has 2 N–H and O–H groups in total. The van der Waals surface area contributed by atoms with Gasteiger partial charge in [0.05, 0.1) is 10.6 Å². The molecule has 0 unspecified atom stereocenters. The minimum atomic E-state index is -3.78. The zero-order valence-corrected chi connectivity index (χ0v) is 15.4. The second-order valence-corrected chi connectivity index (χ2v) is 7.38. The average molecular weight is 383 g/mol. The lowest BCUT2D eigenvalue weighted by Crippen LogP contribution is -2.28. The number of amides is 1. The number of halogens is 1. The molecule has 0 saturated carbocycles. The summed E-state index contributed by atoms with van der Waals surface area (Å²) < 4.78 is 32.7. The summed E-state index contributed by atoms with van der Waals surface area (Å²) in [6, 6.07) is 10.9. The van der Waals surface area contributed by atoms with E-state index >= 15 is 0 Å².